The number of hydrogen-bond acceptors (Lipinski definition) is 6. The number of cyclic esters (lactones) is 1. The van der Waals surface area contributed by atoms with Crippen molar-refractivity contribution in [3.8, 4) is 0 Å². The molecule has 6 nitrogen and oxygen atoms in total. The number of aliphatic hydroxyl groups is 1. The van der Waals surface area contributed by atoms with Gasteiger partial charge in [-0.25, -0.2) is 13.2 Å². The van der Waals surface area contributed by atoms with Crippen LogP contribution in [0.25, 0.3) is 0 Å². The molecule has 1 N–H and O–H groups in total. The summed E-state index contributed by atoms with van der Waals surface area (Å²) in [5, 5.41) is 13.6. The number of esters is 1. The Hall–Kier alpha value is -1.74. The Bertz CT molecular complexity index is 907. The monoisotopic (exact) mass is 379 g/mol. The number of hydrogen-bond donors (Lipinski definition) is 1. The minimum absolute atomic E-state index is 0.0228. The SMILES string of the molecule is O=C1OCc2ccc(S(=O)(=O)N3CC(CO)C(c4ccsc4)C3)cc21. The number of benzene rings is 1. The van der Waals surface area contributed by atoms with Gasteiger partial charge in [0.15, 0.2) is 0 Å². The second-order valence-corrected chi connectivity index (χ2v) is 9.04. The van der Waals surface area contributed by atoms with Crippen molar-refractivity contribution in [3.05, 3.63) is 51.7 Å². The third kappa shape index (κ3) is 2.79. The summed E-state index contributed by atoms with van der Waals surface area (Å²) in [6.07, 6.45) is 0. The van der Waals surface area contributed by atoms with Crippen LogP contribution < -0.4 is 0 Å². The van der Waals surface area contributed by atoms with E-state index >= 15 is 0 Å². The van der Waals surface area contributed by atoms with Crippen LogP contribution in [0.5, 0.6) is 0 Å². The Balaban J connectivity index is 1.65. The molecule has 8 heteroatoms. The number of carbonyl (C=O) groups is 1. The fraction of sp³-hybridized carbons (Fsp3) is 0.353. The number of nitrogens with zero attached hydrogens (tertiary/aromatic N) is 1. The molecule has 0 spiro atoms. The summed E-state index contributed by atoms with van der Waals surface area (Å²) in [5.74, 6) is -0.646. The maximum Gasteiger partial charge on any atom is 0.338 e. The lowest BCUT2D eigenvalue weighted by Crippen LogP contribution is -2.29. The molecule has 1 aromatic carbocycles. The van der Waals surface area contributed by atoms with Gasteiger partial charge in [-0.2, -0.15) is 15.6 Å². The number of thiophene rings is 1. The van der Waals surface area contributed by atoms with Crippen molar-refractivity contribution < 1.29 is 23.1 Å². The van der Waals surface area contributed by atoms with Crippen molar-refractivity contribution in [2.24, 2.45) is 5.92 Å². The molecule has 132 valence electrons. The largest absolute Gasteiger partial charge is 0.457 e. The van der Waals surface area contributed by atoms with Crippen molar-refractivity contribution >= 4 is 27.3 Å². The van der Waals surface area contributed by atoms with E-state index in [1.165, 1.54) is 16.4 Å². The Morgan fingerprint density at radius 2 is 2.12 bits per heavy atom. The highest BCUT2D eigenvalue weighted by molar-refractivity contribution is 7.89. The van der Waals surface area contributed by atoms with E-state index < -0.39 is 16.0 Å². The smallest absolute Gasteiger partial charge is 0.338 e. The minimum atomic E-state index is -3.73. The summed E-state index contributed by atoms with van der Waals surface area (Å²) >= 11 is 1.56. The zero-order chi connectivity index (χ0) is 17.6. The highest BCUT2D eigenvalue weighted by Gasteiger charge is 2.40. The van der Waals surface area contributed by atoms with E-state index in [4.69, 9.17) is 4.74 Å². The Morgan fingerprint density at radius 3 is 2.84 bits per heavy atom. The topological polar surface area (TPSA) is 83.9 Å². The first kappa shape index (κ1) is 16.7. The molecule has 2 aromatic rings. The van der Waals surface area contributed by atoms with Crippen LogP contribution in [0.2, 0.25) is 0 Å². The minimum Gasteiger partial charge on any atom is -0.457 e. The summed E-state index contributed by atoms with van der Waals surface area (Å²) in [7, 11) is -3.73. The molecule has 2 aliphatic rings. The van der Waals surface area contributed by atoms with Gasteiger partial charge in [0.05, 0.1) is 10.5 Å². The van der Waals surface area contributed by atoms with Crippen molar-refractivity contribution in [2.75, 3.05) is 19.7 Å². The third-order valence-electron chi connectivity index (χ3n) is 4.91. The van der Waals surface area contributed by atoms with E-state index in [2.05, 4.69) is 0 Å². The van der Waals surface area contributed by atoms with Crippen molar-refractivity contribution in [1.82, 2.24) is 4.31 Å². The molecule has 3 heterocycles. The molecule has 0 bridgehead atoms. The Kier molecular flexibility index (Phi) is 4.15. The summed E-state index contributed by atoms with van der Waals surface area (Å²) in [5.41, 5.74) is 2.07. The number of rotatable bonds is 4. The van der Waals surface area contributed by atoms with Gasteiger partial charge in [-0.1, -0.05) is 6.07 Å². The molecule has 0 amide bonds. The van der Waals surface area contributed by atoms with Gasteiger partial charge in [0, 0.05) is 37.1 Å². The van der Waals surface area contributed by atoms with Crippen LogP contribution in [0.4, 0.5) is 0 Å². The lowest BCUT2D eigenvalue weighted by molar-refractivity contribution is 0.0535. The summed E-state index contributed by atoms with van der Waals surface area (Å²) in [6.45, 7) is 0.709. The third-order valence-corrected chi connectivity index (χ3v) is 7.44. The summed E-state index contributed by atoms with van der Waals surface area (Å²) in [4.78, 5) is 11.8. The number of ether oxygens (including phenoxy) is 1. The molecule has 2 aliphatic heterocycles. The van der Waals surface area contributed by atoms with Gasteiger partial charge in [-0.3, -0.25) is 0 Å². The Labute approximate surface area is 149 Å². The van der Waals surface area contributed by atoms with Crippen molar-refractivity contribution in [1.29, 1.82) is 0 Å². The van der Waals surface area contributed by atoms with Gasteiger partial charge in [-0.15, -0.1) is 0 Å². The average molecular weight is 379 g/mol. The first-order chi connectivity index (χ1) is 12.0. The lowest BCUT2D eigenvalue weighted by atomic mass is 9.92. The van der Waals surface area contributed by atoms with Gasteiger partial charge >= 0.3 is 5.97 Å². The van der Waals surface area contributed by atoms with Crippen LogP contribution in [-0.2, 0) is 21.4 Å². The van der Waals surface area contributed by atoms with Gasteiger partial charge in [0.1, 0.15) is 6.61 Å². The standard InChI is InChI=1S/C17H17NO5S2/c19-8-13-6-18(7-16(13)12-3-4-24-10-12)25(21,22)14-2-1-11-9-23-17(20)15(11)5-14/h1-5,10,13,16,19H,6-9H2. The van der Waals surface area contributed by atoms with Crippen LogP contribution in [0.3, 0.4) is 0 Å². The fourth-order valence-electron chi connectivity index (χ4n) is 3.48. The van der Waals surface area contributed by atoms with Crippen molar-refractivity contribution in [2.45, 2.75) is 17.4 Å². The maximum atomic E-state index is 13.0. The molecule has 1 aromatic heterocycles. The van der Waals surface area contributed by atoms with Crippen LogP contribution in [0.1, 0.15) is 27.4 Å². The fourth-order valence-corrected chi connectivity index (χ4v) is 5.75. The molecule has 4 rings (SSSR count). The molecular formula is C17H17NO5S2. The van der Waals surface area contributed by atoms with Gasteiger partial charge in [-0.05, 0) is 34.5 Å². The van der Waals surface area contributed by atoms with E-state index in [1.54, 1.807) is 17.4 Å². The second kappa shape index (κ2) is 6.21. The first-order valence-electron chi connectivity index (χ1n) is 7.94. The van der Waals surface area contributed by atoms with Gasteiger partial charge in [0.25, 0.3) is 0 Å². The van der Waals surface area contributed by atoms with E-state index in [-0.39, 0.29) is 36.5 Å². The molecule has 0 saturated carbocycles. The predicted molar refractivity (Wildman–Crippen MR) is 92.0 cm³/mol. The van der Waals surface area contributed by atoms with E-state index in [9.17, 15) is 18.3 Å². The van der Waals surface area contributed by atoms with Gasteiger partial charge < -0.3 is 9.84 Å². The van der Waals surface area contributed by atoms with Crippen LogP contribution in [0, 0.1) is 5.92 Å². The molecular weight excluding hydrogens is 362 g/mol. The van der Waals surface area contributed by atoms with E-state index in [0.717, 1.165) is 5.56 Å². The average Bonchev–Trinajstić information content (AvgIpc) is 3.34. The number of sulfonamides is 1. The van der Waals surface area contributed by atoms with Crippen LogP contribution >= 0.6 is 11.3 Å². The highest BCUT2D eigenvalue weighted by atomic mass is 32.2. The Morgan fingerprint density at radius 1 is 1.28 bits per heavy atom. The number of aliphatic hydroxyl groups excluding tert-OH is 1. The van der Waals surface area contributed by atoms with E-state index in [1.807, 2.05) is 16.8 Å². The van der Waals surface area contributed by atoms with Crippen LogP contribution in [-0.4, -0.2) is 43.5 Å². The zero-order valence-corrected chi connectivity index (χ0v) is 14.9. The molecule has 25 heavy (non-hydrogen) atoms. The summed E-state index contributed by atoms with van der Waals surface area (Å²) < 4.78 is 32.4. The van der Waals surface area contributed by atoms with Crippen molar-refractivity contribution in [3.63, 3.8) is 0 Å². The molecule has 1 saturated heterocycles. The molecule has 2 atom stereocenters. The summed E-state index contributed by atoms with van der Waals surface area (Å²) in [6, 6.07) is 6.51. The predicted octanol–water partition coefficient (Wildman–Crippen LogP) is 1.82. The van der Waals surface area contributed by atoms with E-state index in [0.29, 0.717) is 17.7 Å². The normalized spacial score (nSPS) is 23.6. The van der Waals surface area contributed by atoms with Crippen LogP contribution in [0.15, 0.2) is 39.9 Å². The second-order valence-electron chi connectivity index (χ2n) is 6.32. The number of fused-ring (bicyclic) bond motifs is 1. The molecule has 0 radical (unpaired) electrons. The van der Waals surface area contributed by atoms with Gasteiger partial charge in [0.2, 0.25) is 10.0 Å². The zero-order valence-electron chi connectivity index (χ0n) is 13.3. The number of carbonyl (C=O) groups excluding carboxylic acids is 1. The quantitative estimate of drug-likeness (QED) is 0.819. The molecule has 0 aliphatic carbocycles. The highest BCUT2D eigenvalue weighted by Crippen LogP contribution is 2.36. The molecule has 1 fully saturated rings. The molecule has 2 unspecified atom stereocenters. The first-order valence-corrected chi connectivity index (χ1v) is 10.3. The maximum absolute atomic E-state index is 13.0. The lowest BCUT2D eigenvalue weighted by Gasteiger charge is -2.16.